The van der Waals surface area contributed by atoms with Crippen LogP contribution in [0.1, 0.15) is 0 Å². The number of benzene rings is 1. The molecule has 0 saturated carbocycles. The average molecular weight is 371 g/mol. The number of aliphatic hydroxyl groups excluding tert-OH is 1. The molecule has 0 aromatic heterocycles. The van der Waals surface area contributed by atoms with E-state index in [0.717, 1.165) is 19.2 Å². The highest BCUT2D eigenvalue weighted by Crippen LogP contribution is 2.29. The van der Waals surface area contributed by atoms with Crippen molar-refractivity contribution in [1.82, 2.24) is 0 Å². The largest absolute Gasteiger partial charge is 0.507 e. The highest BCUT2D eigenvalue weighted by molar-refractivity contribution is 5.88. The van der Waals surface area contributed by atoms with Crippen molar-refractivity contribution in [1.29, 1.82) is 0 Å². The van der Waals surface area contributed by atoms with Gasteiger partial charge in [-0.15, -0.1) is 10.2 Å². The third-order valence-corrected chi connectivity index (χ3v) is 3.56. The summed E-state index contributed by atoms with van der Waals surface area (Å²) in [4.78, 5) is 13.3. The van der Waals surface area contributed by atoms with Crippen LogP contribution >= 0.6 is 0 Å². The summed E-state index contributed by atoms with van der Waals surface area (Å²) in [5.41, 5.74) is -0.895. The quantitative estimate of drug-likeness (QED) is 0.357. The number of hydrogen-bond acceptors (Lipinski definition) is 8. The van der Waals surface area contributed by atoms with E-state index in [-0.39, 0.29) is 12.3 Å². The lowest BCUT2D eigenvalue weighted by atomic mass is 10.2. The molecule has 1 heterocycles. The standard InChI is InChI=1S/C16H19F2N3O5/c1-24-9-14(22)15(16(23)25-2)20-19-12-7-11(18)13(8-10(12)17)21-3-5-26-6-4-21/h7-8,22H,3-6,9H2,1-2H3/b15-14-,20-19?. The van der Waals surface area contributed by atoms with Crippen LogP contribution in [0, 0.1) is 11.6 Å². The summed E-state index contributed by atoms with van der Waals surface area (Å²) in [6.45, 7) is 1.41. The Kier molecular flexibility index (Phi) is 6.98. The van der Waals surface area contributed by atoms with Crippen LogP contribution in [0.15, 0.2) is 33.8 Å². The van der Waals surface area contributed by atoms with E-state index in [4.69, 9.17) is 4.74 Å². The van der Waals surface area contributed by atoms with E-state index in [1.54, 1.807) is 4.90 Å². The van der Waals surface area contributed by atoms with Gasteiger partial charge in [0.1, 0.15) is 18.1 Å². The number of nitrogens with zero attached hydrogens (tertiary/aromatic N) is 3. The van der Waals surface area contributed by atoms with Crippen LogP contribution in [0.4, 0.5) is 20.2 Å². The Morgan fingerprint density at radius 3 is 2.58 bits per heavy atom. The summed E-state index contributed by atoms with van der Waals surface area (Å²) >= 11 is 0. The number of ether oxygens (including phenoxy) is 3. The predicted molar refractivity (Wildman–Crippen MR) is 87.5 cm³/mol. The van der Waals surface area contributed by atoms with E-state index < -0.39 is 34.7 Å². The van der Waals surface area contributed by atoms with E-state index >= 15 is 0 Å². The summed E-state index contributed by atoms with van der Waals surface area (Å²) in [5.74, 6) is -3.05. The fourth-order valence-corrected chi connectivity index (χ4v) is 2.27. The molecular weight excluding hydrogens is 352 g/mol. The molecule has 1 fully saturated rings. The van der Waals surface area contributed by atoms with Gasteiger partial charge in [-0.05, 0) is 0 Å². The number of anilines is 1. The summed E-state index contributed by atoms with van der Waals surface area (Å²) < 4.78 is 42.9. The lowest BCUT2D eigenvalue weighted by molar-refractivity contribution is -0.136. The van der Waals surface area contributed by atoms with Crippen molar-refractivity contribution in [2.75, 3.05) is 52.0 Å². The van der Waals surface area contributed by atoms with Crippen LogP contribution < -0.4 is 4.90 Å². The van der Waals surface area contributed by atoms with Gasteiger partial charge in [0, 0.05) is 32.3 Å². The maximum Gasteiger partial charge on any atom is 0.362 e. The van der Waals surface area contributed by atoms with Gasteiger partial charge >= 0.3 is 5.97 Å². The lowest BCUT2D eigenvalue weighted by Crippen LogP contribution is -2.36. The van der Waals surface area contributed by atoms with E-state index in [1.807, 2.05) is 0 Å². The number of esters is 1. The van der Waals surface area contributed by atoms with Crippen LogP contribution in [0.3, 0.4) is 0 Å². The lowest BCUT2D eigenvalue weighted by Gasteiger charge is -2.29. The number of halogens is 2. The molecule has 1 aromatic carbocycles. The van der Waals surface area contributed by atoms with Crippen LogP contribution in [0.25, 0.3) is 0 Å². The number of azo groups is 1. The number of carbonyl (C=O) groups is 1. The molecule has 10 heteroatoms. The van der Waals surface area contributed by atoms with Crippen LogP contribution in [0.5, 0.6) is 0 Å². The van der Waals surface area contributed by atoms with Crippen LogP contribution in [-0.4, -0.2) is 58.2 Å². The summed E-state index contributed by atoms with van der Waals surface area (Å²) in [6.07, 6.45) is 0. The molecule has 1 aromatic rings. The van der Waals surface area contributed by atoms with Crippen LogP contribution in [-0.2, 0) is 19.0 Å². The number of morpholine rings is 1. The number of aliphatic hydroxyl groups is 1. The molecule has 0 unspecified atom stereocenters. The molecule has 8 nitrogen and oxygen atoms in total. The zero-order valence-electron chi connectivity index (χ0n) is 14.4. The third kappa shape index (κ3) is 4.73. The first-order valence-electron chi connectivity index (χ1n) is 7.70. The normalized spacial score (nSPS) is 15.9. The smallest absolute Gasteiger partial charge is 0.362 e. The van der Waals surface area contributed by atoms with E-state index in [0.29, 0.717) is 26.3 Å². The third-order valence-electron chi connectivity index (χ3n) is 3.56. The van der Waals surface area contributed by atoms with E-state index in [9.17, 15) is 18.7 Å². The molecule has 26 heavy (non-hydrogen) atoms. The topological polar surface area (TPSA) is 93.0 Å². The number of carbonyl (C=O) groups excluding carboxylic acids is 1. The van der Waals surface area contributed by atoms with Gasteiger partial charge in [-0.3, -0.25) is 0 Å². The second kappa shape index (κ2) is 9.20. The summed E-state index contributed by atoms with van der Waals surface area (Å²) in [7, 11) is 2.37. The first-order valence-corrected chi connectivity index (χ1v) is 7.70. The second-order valence-electron chi connectivity index (χ2n) is 5.27. The molecule has 0 atom stereocenters. The number of methoxy groups -OCH3 is 2. The Morgan fingerprint density at radius 1 is 1.27 bits per heavy atom. The van der Waals surface area contributed by atoms with Crippen molar-refractivity contribution in [2.24, 2.45) is 10.2 Å². The highest BCUT2D eigenvalue weighted by Gasteiger charge is 2.19. The first kappa shape index (κ1) is 19.7. The maximum atomic E-state index is 14.3. The Balaban J connectivity index is 2.30. The number of rotatable bonds is 6. The predicted octanol–water partition coefficient (Wildman–Crippen LogP) is 2.47. The second-order valence-corrected chi connectivity index (χ2v) is 5.27. The fourth-order valence-electron chi connectivity index (χ4n) is 2.27. The first-order chi connectivity index (χ1) is 12.5. The van der Waals surface area contributed by atoms with E-state index in [2.05, 4.69) is 19.7 Å². The minimum absolute atomic E-state index is 0.0933. The van der Waals surface area contributed by atoms with Gasteiger partial charge in [-0.25, -0.2) is 13.6 Å². The van der Waals surface area contributed by atoms with Gasteiger partial charge in [0.05, 0.1) is 26.0 Å². The molecular formula is C16H19F2N3O5. The van der Waals surface area contributed by atoms with Crippen LogP contribution in [0.2, 0.25) is 0 Å². The molecule has 0 radical (unpaired) electrons. The Hall–Kier alpha value is -2.59. The summed E-state index contributed by atoms with van der Waals surface area (Å²) in [6, 6.07) is 1.87. The number of hydrogen-bond donors (Lipinski definition) is 1. The minimum Gasteiger partial charge on any atom is -0.507 e. The van der Waals surface area contributed by atoms with Crippen molar-refractivity contribution in [3.63, 3.8) is 0 Å². The van der Waals surface area contributed by atoms with Crippen molar-refractivity contribution >= 4 is 17.3 Å². The molecule has 0 spiro atoms. The van der Waals surface area contributed by atoms with Gasteiger partial charge in [-0.2, -0.15) is 0 Å². The molecule has 1 aliphatic heterocycles. The van der Waals surface area contributed by atoms with Gasteiger partial charge in [0.15, 0.2) is 11.6 Å². The molecule has 0 amide bonds. The molecule has 0 aliphatic carbocycles. The fraction of sp³-hybridized carbons (Fsp3) is 0.438. The summed E-state index contributed by atoms with van der Waals surface area (Å²) in [5, 5.41) is 16.7. The Morgan fingerprint density at radius 2 is 1.96 bits per heavy atom. The molecule has 1 N–H and O–H groups in total. The zero-order valence-corrected chi connectivity index (χ0v) is 14.4. The van der Waals surface area contributed by atoms with Crippen molar-refractivity contribution in [2.45, 2.75) is 0 Å². The molecule has 0 bridgehead atoms. The zero-order chi connectivity index (χ0) is 19.1. The van der Waals surface area contributed by atoms with Gasteiger partial charge < -0.3 is 24.2 Å². The SMILES string of the molecule is COC/C(O)=C(/N=Nc1cc(F)c(N2CCOCC2)cc1F)C(=O)OC. The van der Waals surface area contributed by atoms with Gasteiger partial charge in [-0.1, -0.05) is 0 Å². The van der Waals surface area contributed by atoms with Crippen molar-refractivity contribution < 1.29 is 32.9 Å². The molecule has 1 saturated heterocycles. The Labute approximate surface area is 148 Å². The van der Waals surface area contributed by atoms with Crippen molar-refractivity contribution in [3.8, 4) is 0 Å². The maximum absolute atomic E-state index is 14.3. The van der Waals surface area contributed by atoms with Gasteiger partial charge in [0.2, 0.25) is 5.70 Å². The average Bonchev–Trinajstić information content (AvgIpc) is 2.64. The molecule has 142 valence electrons. The molecule has 2 rings (SSSR count). The van der Waals surface area contributed by atoms with E-state index in [1.165, 1.54) is 7.11 Å². The highest BCUT2D eigenvalue weighted by atomic mass is 19.1. The minimum atomic E-state index is -0.992. The monoisotopic (exact) mass is 371 g/mol. The van der Waals surface area contributed by atoms with Gasteiger partial charge in [0.25, 0.3) is 0 Å². The Bertz CT molecular complexity index is 718. The molecule has 1 aliphatic rings. The van der Waals surface area contributed by atoms with Crippen molar-refractivity contribution in [3.05, 3.63) is 35.2 Å².